The molecule has 6 nitrogen and oxygen atoms in total. The molecule has 0 heterocycles. The van der Waals surface area contributed by atoms with Crippen LogP contribution in [0.15, 0.2) is 30.3 Å². The van der Waals surface area contributed by atoms with Crippen LogP contribution >= 0.6 is 11.8 Å². The van der Waals surface area contributed by atoms with Crippen molar-refractivity contribution in [2.24, 2.45) is 5.73 Å². The van der Waals surface area contributed by atoms with Crippen molar-refractivity contribution in [1.29, 1.82) is 0 Å². The van der Waals surface area contributed by atoms with Crippen molar-refractivity contribution in [3.8, 4) is 0 Å². The molecule has 0 saturated heterocycles. The number of hydrogen-bond acceptors (Lipinski definition) is 7. The zero-order valence-electron chi connectivity index (χ0n) is 11.4. The third-order valence-electron chi connectivity index (χ3n) is 2.70. The van der Waals surface area contributed by atoms with E-state index >= 15 is 0 Å². The SMILES string of the molecule is CSCC[C@H](N)C(=O)S(=O)(=O)S(=O)(=O)Cc1ccccc1. The number of rotatable bonds is 7. The van der Waals surface area contributed by atoms with Crippen LogP contribution in [0.1, 0.15) is 12.0 Å². The molecule has 1 rings (SSSR count). The van der Waals surface area contributed by atoms with Gasteiger partial charge < -0.3 is 5.73 Å². The Morgan fingerprint density at radius 1 is 1.19 bits per heavy atom. The smallest absolute Gasteiger partial charge is 0.317 e. The van der Waals surface area contributed by atoms with Crippen LogP contribution in [0, 0.1) is 0 Å². The highest BCUT2D eigenvalue weighted by Gasteiger charge is 2.40. The highest BCUT2D eigenvalue weighted by Crippen LogP contribution is 2.16. The molecule has 0 saturated carbocycles. The minimum absolute atomic E-state index is 0.111. The largest absolute Gasteiger partial charge is 0.321 e. The van der Waals surface area contributed by atoms with Crippen molar-refractivity contribution in [1.82, 2.24) is 0 Å². The van der Waals surface area contributed by atoms with Crippen molar-refractivity contribution in [2.45, 2.75) is 18.2 Å². The molecule has 0 amide bonds. The molecule has 0 radical (unpaired) electrons. The van der Waals surface area contributed by atoms with E-state index in [1.807, 2.05) is 0 Å². The van der Waals surface area contributed by atoms with Crippen molar-refractivity contribution in [2.75, 3.05) is 12.0 Å². The first-order valence-electron chi connectivity index (χ1n) is 6.02. The summed E-state index contributed by atoms with van der Waals surface area (Å²) in [6.07, 6.45) is 1.89. The number of thioether (sulfide) groups is 1. The van der Waals surface area contributed by atoms with Crippen molar-refractivity contribution in [3.05, 3.63) is 35.9 Å². The van der Waals surface area contributed by atoms with Gasteiger partial charge in [-0.15, -0.1) is 0 Å². The third-order valence-corrected chi connectivity index (χ3v) is 8.35. The first-order chi connectivity index (χ1) is 9.72. The van der Waals surface area contributed by atoms with E-state index < -0.39 is 34.6 Å². The van der Waals surface area contributed by atoms with Gasteiger partial charge >= 0.3 is 8.87 Å². The molecule has 0 spiro atoms. The van der Waals surface area contributed by atoms with Gasteiger partial charge in [0.15, 0.2) is 0 Å². The fourth-order valence-electron chi connectivity index (χ4n) is 1.53. The third kappa shape index (κ3) is 4.53. The molecule has 0 aromatic heterocycles. The topological polar surface area (TPSA) is 111 Å². The zero-order valence-corrected chi connectivity index (χ0v) is 13.9. The highest BCUT2D eigenvalue weighted by atomic mass is 33.2. The van der Waals surface area contributed by atoms with Crippen LogP contribution in [-0.2, 0) is 28.3 Å². The van der Waals surface area contributed by atoms with E-state index in [0.29, 0.717) is 11.3 Å². The Balaban J connectivity index is 2.97. The summed E-state index contributed by atoms with van der Waals surface area (Å²) >= 11 is 1.39. The fourth-order valence-corrected chi connectivity index (χ4v) is 5.51. The molecule has 9 heteroatoms. The molecule has 0 aliphatic carbocycles. The van der Waals surface area contributed by atoms with Crippen molar-refractivity contribution in [3.63, 3.8) is 0 Å². The maximum absolute atomic E-state index is 12.0. The number of hydrogen-bond donors (Lipinski definition) is 1. The quantitative estimate of drug-likeness (QED) is 0.714. The second kappa shape index (κ2) is 7.39. The summed E-state index contributed by atoms with van der Waals surface area (Å²) in [5.74, 6) is -0.266. The summed E-state index contributed by atoms with van der Waals surface area (Å²) < 4.78 is 47.8. The van der Waals surface area contributed by atoms with E-state index in [-0.39, 0.29) is 6.42 Å². The van der Waals surface area contributed by atoms with Gasteiger partial charge in [0.2, 0.25) is 0 Å². The van der Waals surface area contributed by atoms with Gasteiger partial charge in [-0.3, -0.25) is 4.79 Å². The predicted molar refractivity (Wildman–Crippen MR) is 84.0 cm³/mol. The molecule has 2 N–H and O–H groups in total. The lowest BCUT2D eigenvalue weighted by molar-refractivity contribution is -0.112. The van der Waals surface area contributed by atoms with E-state index in [1.54, 1.807) is 24.5 Å². The Morgan fingerprint density at radius 3 is 2.29 bits per heavy atom. The average Bonchev–Trinajstić information content (AvgIpc) is 2.44. The predicted octanol–water partition coefficient (Wildman–Crippen LogP) is 0.538. The molecular weight excluding hydrogens is 334 g/mol. The highest BCUT2D eigenvalue weighted by molar-refractivity contribution is 8.72. The normalized spacial score (nSPS) is 13.8. The first-order valence-corrected chi connectivity index (χ1v) is 11.1. The van der Waals surface area contributed by atoms with Crippen molar-refractivity contribution < 1.29 is 21.6 Å². The molecule has 21 heavy (non-hydrogen) atoms. The molecule has 1 aromatic carbocycles. The van der Waals surface area contributed by atoms with Gasteiger partial charge in [0.25, 0.3) is 14.0 Å². The molecule has 118 valence electrons. The molecule has 0 fully saturated rings. The van der Waals surface area contributed by atoms with Gasteiger partial charge in [0.05, 0.1) is 11.8 Å². The van der Waals surface area contributed by atoms with E-state index in [4.69, 9.17) is 5.73 Å². The van der Waals surface area contributed by atoms with Gasteiger partial charge in [-0.25, -0.2) is 16.8 Å². The van der Waals surface area contributed by atoms with E-state index in [0.717, 1.165) is 0 Å². The summed E-state index contributed by atoms with van der Waals surface area (Å²) in [7, 11) is -9.61. The van der Waals surface area contributed by atoms with Crippen LogP contribution in [-0.4, -0.2) is 40.0 Å². The average molecular weight is 351 g/mol. The molecule has 0 aliphatic heterocycles. The fraction of sp³-hybridized carbons (Fsp3) is 0.417. The molecule has 1 aromatic rings. The number of carbonyl (C=O) groups is 1. The first kappa shape index (κ1) is 18.1. The summed E-state index contributed by atoms with van der Waals surface area (Å²) in [4.78, 5) is 11.8. The minimum atomic E-state index is -4.97. The van der Waals surface area contributed by atoms with Crippen LogP contribution in [0.4, 0.5) is 0 Å². The molecule has 0 aliphatic rings. The maximum atomic E-state index is 12.0. The van der Waals surface area contributed by atoms with Crippen LogP contribution in [0.5, 0.6) is 0 Å². The van der Waals surface area contributed by atoms with Crippen LogP contribution < -0.4 is 5.73 Å². The summed E-state index contributed by atoms with van der Waals surface area (Å²) in [5.41, 5.74) is 5.77. The standard InChI is InChI=1S/C12H17NO5S3/c1-19-8-7-11(13)12(14)21(17,18)20(15,16)9-10-5-3-2-4-6-10/h2-6,11H,7-9,13H2,1H3/t11-/m0/s1. The van der Waals surface area contributed by atoms with E-state index in [9.17, 15) is 21.6 Å². The second-order valence-corrected chi connectivity index (χ2v) is 10.9. The van der Waals surface area contributed by atoms with Crippen LogP contribution in [0.3, 0.4) is 0 Å². The maximum Gasteiger partial charge on any atom is 0.317 e. The van der Waals surface area contributed by atoms with Crippen molar-refractivity contribution >= 4 is 34.6 Å². The van der Waals surface area contributed by atoms with Gasteiger partial charge in [-0.2, -0.15) is 11.8 Å². The van der Waals surface area contributed by atoms with E-state index in [1.165, 1.54) is 23.9 Å². The van der Waals surface area contributed by atoms with Gasteiger partial charge in [-0.1, -0.05) is 30.3 Å². The Hall–Kier alpha value is -0.900. The van der Waals surface area contributed by atoms with Crippen LogP contribution in [0.2, 0.25) is 0 Å². The van der Waals surface area contributed by atoms with Gasteiger partial charge in [0, 0.05) is 0 Å². The molecular formula is C12H17NO5S3. The molecule has 0 unspecified atom stereocenters. The lowest BCUT2D eigenvalue weighted by Gasteiger charge is -2.10. The summed E-state index contributed by atoms with van der Waals surface area (Å²) in [6.45, 7) is 0. The number of benzene rings is 1. The summed E-state index contributed by atoms with van der Waals surface area (Å²) in [6, 6.07) is 6.48. The monoisotopic (exact) mass is 351 g/mol. The Morgan fingerprint density at radius 2 is 1.76 bits per heavy atom. The Kier molecular flexibility index (Phi) is 6.39. The Bertz CT molecular complexity index is 683. The zero-order chi connectivity index (χ0) is 16.1. The van der Waals surface area contributed by atoms with Crippen LogP contribution in [0.25, 0.3) is 0 Å². The number of nitrogens with two attached hydrogens (primary N) is 1. The van der Waals surface area contributed by atoms with Gasteiger partial charge in [-0.05, 0) is 24.0 Å². The molecule has 0 bridgehead atoms. The van der Waals surface area contributed by atoms with Gasteiger partial charge in [0.1, 0.15) is 0 Å². The second-order valence-electron chi connectivity index (χ2n) is 4.35. The number of carbonyl (C=O) groups excluding carboxylic acids is 1. The lowest BCUT2D eigenvalue weighted by atomic mass is 10.2. The van der Waals surface area contributed by atoms with E-state index in [2.05, 4.69) is 0 Å². The summed E-state index contributed by atoms with van der Waals surface area (Å²) in [5, 5.41) is -1.44. The molecule has 1 atom stereocenters. The Labute approximate surface area is 128 Å². The minimum Gasteiger partial charge on any atom is -0.321 e. The lowest BCUT2D eigenvalue weighted by Crippen LogP contribution is -2.39.